The first-order chi connectivity index (χ1) is 15.2. The summed E-state index contributed by atoms with van der Waals surface area (Å²) >= 11 is 0. The SMILES string of the molecule is C/C(=N/[NH2+]C1=NCCN1)c1ccc(Oc2ccc(/C(C)=N\[NH2+]C3=NCCN3)cc2)cc1.[I-].[I-]. The molecular weight excluding hydrogens is 646 g/mol. The molecule has 0 aromatic heterocycles. The van der Waals surface area contributed by atoms with Gasteiger partial charge in [-0.05, 0) is 62.4 Å². The van der Waals surface area contributed by atoms with Crippen LogP contribution in [0.2, 0.25) is 0 Å². The molecule has 0 saturated heterocycles. The van der Waals surface area contributed by atoms with E-state index in [1.165, 1.54) is 0 Å². The smallest absolute Gasteiger partial charge is 0.321 e. The number of nitrogens with two attached hydrogens (primary N) is 2. The summed E-state index contributed by atoms with van der Waals surface area (Å²) < 4.78 is 5.98. The molecule has 0 bridgehead atoms. The number of ether oxygens (including phenoxy) is 1. The lowest BCUT2D eigenvalue weighted by atomic mass is 10.1. The fourth-order valence-electron chi connectivity index (χ4n) is 3.13. The van der Waals surface area contributed by atoms with Gasteiger partial charge in [0.05, 0.1) is 13.1 Å². The van der Waals surface area contributed by atoms with Crippen molar-refractivity contribution in [3.8, 4) is 11.5 Å². The second-order valence-corrected chi connectivity index (χ2v) is 7.23. The highest BCUT2D eigenvalue weighted by atomic mass is 127. The molecule has 9 nitrogen and oxygen atoms in total. The third kappa shape index (κ3) is 8.01. The Hall–Kier alpha value is -2.10. The lowest BCUT2D eigenvalue weighted by Gasteiger charge is -2.07. The van der Waals surface area contributed by atoms with Crippen LogP contribution in [0.15, 0.2) is 68.7 Å². The van der Waals surface area contributed by atoms with Crippen molar-refractivity contribution in [1.29, 1.82) is 0 Å². The molecule has 2 aliphatic rings. The molecule has 0 radical (unpaired) electrons. The highest BCUT2D eigenvalue weighted by Gasteiger charge is 2.10. The Morgan fingerprint density at radius 1 is 0.727 bits per heavy atom. The van der Waals surface area contributed by atoms with Gasteiger partial charge in [-0.1, -0.05) is 10.2 Å². The number of hydrogen-bond acceptors (Lipinski definition) is 7. The number of hydrogen-bond donors (Lipinski definition) is 4. The molecule has 0 fully saturated rings. The van der Waals surface area contributed by atoms with Gasteiger partial charge in [0.25, 0.3) is 0 Å². The standard InChI is InChI=1S/C22H26N8O.2HI/c1-15(27-29-21-23-11-12-24-21)17-3-7-19(8-4-17)31-20-9-5-18(6-10-20)16(2)28-30-22-25-13-14-26-22;;/h3-10H,11-14H2,1-2H3,(H2,23,24,29)(H2,25,26,30);2*1H/b27-15-,28-16-;;. The summed E-state index contributed by atoms with van der Waals surface area (Å²) in [6.07, 6.45) is 0. The van der Waals surface area contributed by atoms with Crippen molar-refractivity contribution in [2.45, 2.75) is 13.8 Å². The van der Waals surface area contributed by atoms with E-state index < -0.39 is 0 Å². The second kappa shape index (κ2) is 13.6. The Kier molecular flexibility index (Phi) is 11.2. The van der Waals surface area contributed by atoms with E-state index >= 15 is 0 Å². The van der Waals surface area contributed by atoms with Gasteiger partial charge in [-0.15, -0.1) is 0 Å². The Bertz CT molecular complexity index is 950. The molecule has 0 aliphatic carbocycles. The Morgan fingerprint density at radius 2 is 1.12 bits per heavy atom. The van der Waals surface area contributed by atoms with Gasteiger partial charge in [-0.3, -0.25) is 0 Å². The monoisotopic (exact) mass is 674 g/mol. The quantitative estimate of drug-likeness (QED) is 0.106. The fraction of sp³-hybridized carbons (Fsp3) is 0.273. The van der Waals surface area contributed by atoms with Crippen LogP contribution in [0.1, 0.15) is 25.0 Å². The molecule has 2 aromatic rings. The molecule has 0 saturated carbocycles. The van der Waals surface area contributed by atoms with E-state index in [1.54, 1.807) is 10.9 Å². The van der Waals surface area contributed by atoms with Crippen LogP contribution in [0.5, 0.6) is 11.5 Å². The van der Waals surface area contributed by atoms with Crippen molar-refractivity contribution in [3.05, 3.63) is 59.7 Å². The van der Waals surface area contributed by atoms with Gasteiger partial charge >= 0.3 is 11.9 Å². The maximum absolute atomic E-state index is 5.98. The number of halogens is 2. The molecule has 11 heteroatoms. The van der Waals surface area contributed by atoms with Gasteiger partial charge in [-0.25, -0.2) is 9.98 Å². The zero-order chi connectivity index (χ0) is 21.5. The average molecular weight is 674 g/mol. The van der Waals surface area contributed by atoms with Crippen LogP contribution in [0.3, 0.4) is 0 Å². The minimum absolute atomic E-state index is 0. The number of aliphatic imine (C=N–C) groups is 2. The molecule has 33 heavy (non-hydrogen) atoms. The molecule has 2 aromatic carbocycles. The summed E-state index contributed by atoms with van der Waals surface area (Å²) in [6, 6.07) is 15.8. The van der Waals surface area contributed by atoms with Crippen molar-refractivity contribution in [2.24, 2.45) is 20.2 Å². The van der Waals surface area contributed by atoms with Crippen molar-refractivity contribution in [2.75, 3.05) is 26.2 Å². The summed E-state index contributed by atoms with van der Waals surface area (Å²) in [5.41, 5.74) is 7.49. The Morgan fingerprint density at radius 3 is 1.45 bits per heavy atom. The summed E-state index contributed by atoms with van der Waals surface area (Å²) in [5, 5.41) is 15.3. The molecule has 2 aliphatic heterocycles. The van der Waals surface area contributed by atoms with Crippen LogP contribution in [0.25, 0.3) is 0 Å². The van der Waals surface area contributed by atoms with Crippen molar-refractivity contribution >= 4 is 23.3 Å². The van der Waals surface area contributed by atoms with Gasteiger partial charge in [0.1, 0.15) is 22.9 Å². The topological polar surface area (TPSA) is 116 Å². The summed E-state index contributed by atoms with van der Waals surface area (Å²) in [5.74, 6) is 3.23. The molecule has 0 unspecified atom stereocenters. The molecular formula is C22H28I2N8O. The normalized spacial score (nSPS) is 15.5. The number of benzene rings is 2. The van der Waals surface area contributed by atoms with Crippen LogP contribution >= 0.6 is 0 Å². The lowest BCUT2D eigenvalue weighted by molar-refractivity contribution is -0.549. The highest BCUT2D eigenvalue weighted by Crippen LogP contribution is 2.22. The predicted octanol–water partition coefficient (Wildman–Crippen LogP) is -6.02. The number of nitrogens with zero attached hydrogens (tertiary/aromatic N) is 4. The largest absolute Gasteiger partial charge is 1.00 e. The maximum Gasteiger partial charge on any atom is 0.321 e. The fourth-order valence-corrected chi connectivity index (χ4v) is 3.13. The van der Waals surface area contributed by atoms with E-state index in [0.29, 0.717) is 0 Å². The molecule has 0 spiro atoms. The molecule has 0 atom stereocenters. The molecule has 4 rings (SSSR count). The number of guanidine groups is 2. The van der Waals surface area contributed by atoms with Gasteiger partial charge in [0.2, 0.25) is 0 Å². The van der Waals surface area contributed by atoms with E-state index in [2.05, 4.69) is 30.8 Å². The first-order valence-corrected chi connectivity index (χ1v) is 10.4. The third-order valence-electron chi connectivity index (χ3n) is 4.94. The van der Waals surface area contributed by atoms with Crippen LogP contribution in [-0.4, -0.2) is 49.5 Å². The second-order valence-electron chi connectivity index (χ2n) is 7.23. The molecule has 176 valence electrons. The first-order valence-electron chi connectivity index (χ1n) is 10.4. The van der Waals surface area contributed by atoms with Crippen LogP contribution in [0, 0.1) is 0 Å². The summed E-state index contributed by atoms with van der Waals surface area (Å²) in [7, 11) is 0. The number of rotatable bonds is 6. The average Bonchev–Trinajstić information content (AvgIpc) is 3.51. The molecule has 6 N–H and O–H groups in total. The third-order valence-corrected chi connectivity index (χ3v) is 4.94. The first kappa shape index (κ1) is 27.1. The van der Waals surface area contributed by atoms with Gasteiger partial charge in [0, 0.05) is 24.2 Å². The van der Waals surface area contributed by atoms with E-state index in [9.17, 15) is 0 Å². The summed E-state index contributed by atoms with van der Waals surface area (Å²) in [6.45, 7) is 7.35. The molecule has 2 heterocycles. The number of nitrogens with one attached hydrogen (secondary N) is 2. The minimum atomic E-state index is 0. The highest BCUT2D eigenvalue weighted by molar-refractivity contribution is 5.99. The van der Waals surface area contributed by atoms with Crippen LogP contribution in [0.4, 0.5) is 0 Å². The number of quaternary nitrogens is 2. The van der Waals surface area contributed by atoms with Gasteiger partial charge in [0.15, 0.2) is 0 Å². The van der Waals surface area contributed by atoms with Crippen molar-refractivity contribution in [3.63, 3.8) is 0 Å². The van der Waals surface area contributed by atoms with Gasteiger partial charge in [-0.2, -0.15) is 10.9 Å². The predicted molar refractivity (Wildman–Crippen MR) is 122 cm³/mol. The minimum Gasteiger partial charge on any atom is -1.00 e. The zero-order valence-corrected chi connectivity index (χ0v) is 22.9. The van der Waals surface area contributed by atoms with E-state index in [1.807, 2.05) is 62.4 Å². The Balaban J connectivity index is 0.00000193. The maximum atomic E-state index is 5.98. The van der Waals surface area contributed by atoms with E-state index in [0.717, 1.165) is 72.1 Å². The Labute approximate surface area is 227 Å². The lowest BCUT2D eigenvalue weighted by Crippen LogP contribution is -3.00. The van der Waals surface area contributed by atoms with E-state index in [-0.39, 0.29) is 48.0 Å². The van der Waals surface area contributed by atoms with Gasteiger partial charge < -0.3 is 63.3 Å². The van der Waals surface area contributed by atoms with Crippen molar-refractivity contribution in [1.82, 2.24) is 10.6 Å². The van der Waals surface area contributed by atoms with E-state index in [4.69, 9.17) is 4.74 Å². The zero-order valence-electron chi connectivity index (χ0n) is 18.6. The summed E-state index contributed by atoms with van der Waals surface area (Å²) in [4.78, 5) is 8.63. The molecule has 0 amide bonds. The van der Waals surface area contributed by atoms with Crippen molar-refractivity contribution < 1.29 is 63.5 Å². The van der Waals surface area contributed by atoms with Crippen LogP contribution < -0.4 is 74.2 Å². The van der Waals surface area contributed by atoms with Crippen LogP contribution in [-0.2, 0) is 0 Å².